The number of esters is 2. The third-order valence-corrected chi connectivity index (χ3v) is 4.35. The molecule has 1 unspecified atom stereocenters. The summed E-state index contributed by atoms with van der Waals surface area (Å²) in [5.74, 6) is -1.16. The number of methoxy groups -OCH3 is 1. The number of nitrogens with two attached hydrogens (primary N) is 1. The number of hydrogen-bond donors (Lipinski definition) is 1. The van der Waals surface area contributed by atoms with Crippen LogP contribution in [-0.4, -0.2) is 25.7 Å². The molecule has 0 aromatic carbocycles. The third kappa shape index (κ3) is 2.45. The van der Waals surface area contributed by atoms with E-state index in [-0.39, 0.29) is 5.97 Å². The Labute approximate surface area is 115 Å². The van der Waals surface area contributed by atoms with Gasteiger partial charge in [-0.2, -0.15) is 0 Å². The van der Waals surface area contributed by atoms with Gasteiger partial charge in [0.15, 0.2) is 0 Å². The summed E-state index contributed by atoms with van der Waals surface area (Å²) in [6.45, 7) is 2.10. The van der Waals surface area contributed by atoms with E-state index in [1.807, 2.05) is 0 Å². The summed E-state index contributed by atoms with van der Waals surface area (Å²) in [6, 6.07) is 0. The van der Waals surface area contributed by atoms with Crippen molar-refractivity contribution in [2.24, 2.45) is 0 Å². The molecule has 0 saturated heterocycles. The summed E-state index contributed by atoms with van der Waals surface area (Å²) in [5.41, 5.74) is 6.97. The summed E-state index contributed by atoms with van der Waals surface area (Å²) < 4.78 is 9.85. The van der Waals surface area contributed by atoms with Crippen LogP contribution in [0.3, 0.4) is 0 Å². The van der Waals surface area contributed by atoms with Gasteiger partial charge in [-0.1, -0.05) is 0 Å². The predicted octanol–water partition coefficient (Wildman–Crippen LogP) is 2.10. The lowest BCUT2D eigenvalue weighted by Crippen LogP contribution is -2.22. The molecule has 104 valence electrons. The predicted molar refractivity (Wildman–Crippen MR) is 72.4 cm³/mol. The zero-order chi connectivity index (χ0) is 14.0. The maximum absolute atomic E-state index is 12.0. The van der Waals surface area contributed by atoms with Gasteiger partial charge in [0.05, 0.1) is 25.2 Å². The van der Waals surface area contributed by atoms with Gasteiger partial charge < -0.3 is 15.2 Å². The molecule has 0 amide bonds. The van der Waals surface area contributed by atoms with Crippen LogP contribution in [-0.2, 0) is 20.7 Å². The maximum Gasteiger partial charge on any atom is 0.341 e. The van der Waals surface area contributed by atoms with Gasteiger partial charge in [0.2, 0.25) is 0 Å². The van der Waals surface area contributed by atoms with Crippen LogP contribution in [0.25, 0.3) is 0 Å². The average Bonchev–Trinajstić information content (AvgIpc) is 2.73. The average molecular weight is 283 g/mol. The van der Waals surface area contributed by atoms with Crippen LogP contribution in [0.15, 0.2) is 0 Å². The summed E-state index contributed by atoms with van der Waals surface area (Å²) in [5, 5.41) is 0.424. The van der Waals surface area contributed by atoms with Crippen molar-refractivity contribution in [1.29, 1.82) is 0 Å². The van der Waals surface area contributed by atoms with Gasteiger partial charge in [-0.25, -0.2) is 4.79 Å². The number of carbonyl (C=O) groups excluding carboxylic acids is 2. The monoisotopic (exact) mass is 283 g/mol. The highest BCUT2D eigenvalue weighted by Crippen LogP contribution is 2.43. The number of hydrogen-bond acceptors (Lipinski definition) is 6. The number of anilines is 1. The lowest BCUT2D eigenvalue weighted by atomic mass is 9.85. The lowest BCUT2D eigenvalue weighted by molar-refractivity contribution is -0.145. The number of thiophene rings is 1. The van der Waals surface area contributed by atoms with E-state index in [2.05, 4.69) is 0 Å². The first-order valence-corrected chi connectivity index (χ1v) is 7.07. The van der Waals surface area contributed by atoms with E-state index >= 15 is 0 Å². The Kier molecular flexibility index (Phi) is 4.09. The Morgan fingerprint density at radius 1 is 1.47 bits per heavy atom. The number of aryl methyl sites for hydroxylation is 1. The molecule has 1 aliphatic carbocycles. The van der Waals surface area contributed by atoms with Gasteiger partial charge in [0, 0.05) is 4.88 Å². The zero-order valence-corrected chi connectivity index (χ0v) is 11.8. The normalized spacial score (nSPS) is 17.7. The van der Waals surface area contributed by atoms with Crippen LogP contribution in [0.5, 0.6) is 0 Å². The highest BCUT2D eigenvalue weighted by atomic mass is 32.1. The van der Waals surface area contributed by atoms with E-state index in [1.54, 1.807) is 6.92 Å². The molecule has 1 atom stereocenters. The van der Waals surface area contributed by atoms with Crippen LogP contribution in [0.2, 0.25) is 0 Å². The van der Waals surface area contributed by atoms with Crippen LogP contribution in [0, 0.1) is 0 Å². The molecule has 0 radical (unpaired) electrons. The molecule has 2 N–H and O–H groups in total. The Morgan fingerprint density at radius 3 is 2.84 bits per heavy atom. The zero-order valence-electron chi connectivity index (χ0n) is 11.0. The highest BCUT2D eigenvalue weighted by Gasteiger charge is 2.35. The van der Waals surface area contributed by atoms with Crippen molar-refractivity contribution < 1.29 is 19.1 Å². The smallest absolute Gasteiger partial charge is 0.341 e. The van der Waals surface area contributed by atoms with Crippen molar-refractivity contribution in [3.63, 3.8) is 0 Å². The second kappa shape index (κ2) is 5.61. The largest absolute Gasteiger partial charge is 0.466 e. The Balaban J connectivity index is 2.46. The Hall–Kier alpha value is -1.56. The number of ether oxygens (including phenoxy) is 2. The summed E-state index contributed by atoms with van der Waals surface area (Å²) >= 11 is 1.37. The molecule has 0 saturated carbocycles. The second-order valence-corrected chi connectivity index (χ2v) is 5.50. The van der Waals surface area contributed by atoms with E-state index in [1.165, 1.54) is 18.4 Å². The van der Waals surface area contributed by atoms with Gasteiger partial charge in [-0.05, 0) is 31.7 Å². The molecule has 1 aromatic rings. The topological polar surface area (TPSA) is 78.6 Å². The van der Waals surface area contributed by atoms with Crippen LogP contribution < -0.4 is 5.73 Å². The van der Waals surface area contributed by atoms with Gasteiger partial charge in [0.25, 0.3) is 0 Å². The molecular weight excluding hydrogens is 266 g/mol. The minimum atomic E-state index is -0.480. The minimum Gasteiger partial charge on any atom is -0.466 e. The summed E-state index contributed by atoms with van der Waals surface area (Å²) in [4.78, 5) is 24.9. The molecule has 6 heteroatoms. The quantitative estimate of drug-likeness (QED) is 0.859. The highest BCUT2D eigenvalue weighted by molar-refractivity contribution is 7.16. The lowest BCUT2D eigenvalue weighted by Gasteiger charge is -2.21. The first-order chi connectivity index (χ1) is 9.10. The molecule has 1 aromatic heterocycles. The van der Waals surface area contributed by atoms with E-state index < -0.39 is 11.9 Å². The molecule has 1 aliphatic rings. The van der Waals surface area contributed by atoms with E-state index in [4.69, 9.17) is 15.2 Å². The molecule has 2 rings (SSSR count). The van der Waals surface area contributed by atoms with Crippen LogP contribution in [0.1, 0.15) is 46.5 Å². The number of nitrogen functional groups attached to an aromatic ring is 1. The molecule has 0 bridgehead atoms. The second-order valence-electron chi connectivity index (χ2n) is 4.37. The summed E-state index contributed by atoms with van der Waals surface area (Å²) in [7, 11) is 1.31. The molecule has 0 fully saturated rings. The van der Waals surface area contributed by atoms with Crippen molar-refractivity contribution in [1.82, 2.24) is 0 Å². The fourth-order valence-electron chi connectivity index (χ4n) is 2.47. The molecule has 0 spiro atoms. The van der Waals surface area contributed by atoms with Gasteiger partial charge in [0.1, 0.15) is 5.00 Å². The third-order valence-electron chi connectivity index (χ3n) is 3.26. The number of rotatable bonds is 3. The molecule has 5 nitrogen and oxygen atoms in total. The molecule has 19 heavy (non-hydrogen) atoms. The maximum atomic E-state index is 12.0. The van der Waals surface area contributed by atoms with Gasteiger partial charge >= 0.3 is 11.9 Å². The first kappa shape index (κ1) is 13.9. The Bertz CT molecular complexity index is 509. The minimum absolute atomic E-state index is 0.286. The molecule has 0 aliphatic heterocycles. The van der Waals surface area contributed by atoms with Crippen molar-refractivity contribution in [2.75, 3.05) is 19.5 Å². The number of fused-ring (bicyclic) bond motifs is 1. The van der Waals surface area contributed by atoms with Crippen molar-refractivity contribution in [2.45, 2.75) is 32.1 Å². The summed E-state index contributed by atoms with van der Waals surface area (Å²) in [6.07, 6.45) is 2.43. The van der Waals surface area contributed by atoms with E-state index in [0.717, 1.165) is 23.3 Å². The van der Waals surface area contributed by atoms with Crippen molar-refractivity contribution >= 4 is 28.3 Å². The van der Waals surface area contributed by atoms with Crippen LogP contribution in [0.4, 0.5) is 5.00 Å². The molecule has 1 heterocycles. The Morgan fingerprint density at radius 2 is 2.21 bits per heavy atom. The number of carbonyl (C=O) groups is 2. The van der Waals surface area contributed by atoms with Gasteiger partial charge in [-0.3, -0.25) is 4.79 Å². The fraction of sp³-hybridized carbons (Fsp3) is 0.538. The van der Waals surface area contributed by atoms with Gasteiger partial charge in [-0.15, -0.1) is 11.3 Å². The van der Waals surface area contributed by atoms with Crippen molar-refractivity contribution in [3.8, 4) is 0 Å². The fourth-order valence-corrected chi connectivity index (χ4v) is 3.63. The van der Waals surface area contributed by atoms with E-state index in [9.17, 15) is 9.59 Å². The SMILES string of the molecule is CCOC(=O)C1CCCc2sc(N)c(C(=O)OC)c21. The van der Waals surface area contributed by atoms with E-state index in [0.29, 0.717) is 23.6 Å². The van der Waals surface area contributed by atoms with Crippen LogP contribution >= 0.6 is 11.3 Å². The first-order valence-electron chi connectivity index (χ1n) is 6.26. The molecular formula is C13H17NO4S. The standard InChI is InChI=1S/C13H17NO4S/c1-3-18-12(15)7-5-4-6-8-9(7)10(11(14)19-8)13(16)17-2/h7H,3-6,14H2,1-2H3. The van der Waals surface area contributed by atoms with Crippen molar-refractivity contribution in [3.05, 3.63) is 16.0 Å².